The highest BCUT2D eigenvalue weighted by Gasteiger charge is 2.37. The molecule has 0 aliphatic rings. The second kappa shape index (κ2) is 11.9. The van der Waals surface area contributed by atoms with Crippen molar-refractivity contribution >= 4 is 75.2 Å². The van der Waals surface area contributed by atoms with Gasteiger partial charge in [-0.3, -0.25) is 0 Å². The van der Waals surface area contributed by atoms with Gasteiger partial charge in [-0.1, -0.05) is 174 Å². The number of hydrogen-bond donors (Lipinski definition) is 0. The topological polar surface area (TPSA) is 0 Å². The van der Waals surface area contributed by atoms with Crippen molar-refractivity contribution in [2.75, 3.05) is 0 Å². The maximum Gasteiger partial charge on any atom is 0.0554 e. The van der Waals surface area contributed by atoms with E-state index >= 15 is 0 Å². The predicted octanol–water partition coefficient (Wildman–Crippen LogP) is 7.99. The summed E-state index contributed by atoms with van der Waals surface area (Å²) in [4.78, 5) is 0. The van der Waals surface area contributed by atoms with Gasteiger partial charge in [-0.15, -0.1) is 0 Å². The average molecular weight is 561 g/mol. The van der Waals surface area contributed by atoms with Crippen LogP contribution in [0, 0.1) is 0 Å². The third-order valence-electron chi connectivity index (χ3n) is 6.05. The molecule has 2 unspecified atom stereocenters. The van der Waals surface area contributed by atoms with Crippen molar-refractivity contribution in [1.29, 1.82) is 0 Å². The molecule has 0 saturated carbocycles. The van der Waals surface area contributed by atoms with Crippen LogP contribution in [0.3, 0.4) is 0 Å². The molecule has 0 aliphatic carbocycles. The van der Waals surface area contributed by atoms with Crippen molar-refractivity contribution in [3.05, 3.63) is 152 Å². The smallest absolute Gasteiger partial charge is 0.0554 e. The molecule has 0 saturated heterocycles. The average Bonchev–Trinajstić information content (AvgIpc) is 2.97. The molecule has 5 aromatic carbocycles. The molecule has 5 heteroatoms. The van der Waals surface area contributed by atoms with Gasteiger partial charge in [-0.25, -0.2) is 0 Å². The summed E-state index contributed by atoms with van der Waals surface area (Å²) in [5.41, 5.74) is 0. The largest absolute Gasteiger partial charge is 0.0857 e. The lowest BCUT2D eigenvalue weighted by Crippen LogP contribution is -2.30. The van der Waals surface area contributed by atoms with Gasteiger partial charge in [0.15, 0.2) is 0 Å². The minimum atomic E-state index is -2.40. The fourth-order valence-corrected chi connectivity index (χ4v) is 19.8. The molecule has 0 nitrogen and oxygen atoms in total. The minimum absolute atomic E-state index is 1.13. The van der Waals surface area contributed by atoms with E-state index < -0.39 is 21.4 Å². The van der Waals surface area contributed by atoms with Crippen molar-refractivity contribution in [3.8, 4) is 0 Å². The number of benzene rings is 5. The maximum atomic E-state index is 7.64. The summed E-state index contributed by atoms with van der Waals surface area (Å²) in [6.07, 6.45) is 0. The zero-order valence-corrected chi connectivity index (χ0v) is 23.7. The third-order valence-corrected chi connectivity index (χ3v) is 19.9. The van der Waals surface area contributed by atoms with E-state index in [1.807, 2.05) is 12.1 Å². The van der Waals surface area contributed by atoms with Crippen molar-refractivity contribution < 1.29 is 0 Å². The Balaban J connectivity index is 2.01. The van der Waals surface area contributed by atoms with Crippen LogP contribution in [0.25, 0.3) is 0 Å². The van der Waals surface area contributed by atoms with Gasteiger partial charge in [0, 0.05) is 4.78 Å². The second-order valence-electron chi connectivity index (χ2n) is 8.21. The Morgan fingerprint density at radius 1 is 0.389 bits per heavy atom. The molecule has 0 radical (unpaired) electrons. The molecule has 0 amide bonds. The minimum Gasteiger partial charge on any atom is -0.0857 e. The van der Waals surface area contributed by atoms with Crippen LogP contribution in [0.2, 0.25) is 0 Å². The molecule has 0 heterocycles. The fraction of sp³-hybridized carbons (Fsp3) is 0. The van der Waals surface area contributed by atoms with Gasteiger partial charge in [0.25, 0.3) is 0 Å². The summed E-state index contributed by atoms with van der Waals surface area (Å²) < 4.78 is 1.25. The predicted molar refractivity (Wildman–Crippen MR) is 168 cm³/mol. The van der Waals surface area contributed by atoms with Crippen molar-refractivity contribution in [3.63, 3.8) is 0 Å². The van der Waals surface area contributed by atoms with Crippen LogP contribution in [-0.2, 0) is 0 Å². The third kappa shape index (κ3) is 5.00. The molecule has 0 N–H and O–H groups in total. The molecule has 0 fully saturated rings. The lowest BCUT2D eigenvalue weighted by molar-refractivity contribution is 1.73. The molecule has 36 heavy (non-hydrogen) atoms. The van der Waals surface area contributed by atoms with E-state index in [1.165, 1.54) is 20.7 Å². The summed E-state index contributed by atoms with van der Waals surface area (Å²) in [5.74, 6) is 0. The van der Waals surface area contributed by atoms with Crippen LogP contribution in [-0.4, -0.2) is 4.78 Å². The van der Waals surface area contributed by atoms with Crippen molar-refractivity contribution in [2.45, 2.75) is 0 Å². The molecular weight excluding hydrogens is 536 g/mol. The molecule has 178 valence electrons. The quantitative estimate of drug-likeness (QED) is 0.177. The standard InChI is InChI=1S/C31H25Cl2P3/c32-34(26-16-6-1-7-17-26)31(35(33)27-18-8-2-9-19-27)36(28-20-10-3-11-21-28,29-22-12-4-13-23-29)30-24-14-5-15-25-30/h1-25H. The van der Waals surface area contributed by atoms with Crippen LogP contribution in [0.1, 0.15) is 0 Å². The summed E-state index contributed by atoms with van der Waals surface area (Å²) >= 11 is 15.3. The van der Waals surface area contributed by atoms with Crippen LogP contribution < -0.4 is 26.5 Å². The Morgan fingerprint density at radius 3 is 0.917 bits per heavy atom. The summed E-state index contributed by atoms with van der Waals surface area (Å²) in [6.45, 7) is -2.40. The number of hydrogen-bond acceptors (Lipinski definition) is 0. The van der Waals surface area contributed by atoms with Gasteiger partial charge in [0.1, 0.15) is 0 Å². The highest BCUT2D eigenvalue weighted by Crippen LogP contribution is 2.68. The number of halogens is 2. The first kappa shape index (κ1) is 25.5. The Bertz CT molecular complexity index is 1290. The van der Waals surface area contributed by atoms with Gasteiger partial charge in [0.2, 0.25) is 0 Å². The van der Waals surface area contributed by atoms with E-state index in [-0.39, 0.29) is 0 Å². The van der Waals surface area contributed by atoms with Gasteiger partial charge >= 0.3 is 0 Å². The van der Waals surface area contributed by atoms with E-state index in [2.05, 4.69) is 140 Å². The van der Waals surface area contributed by atoms with E-state index in [9.17, 15) is 0 Å². The lowest BCUT2D eigenvalue weighted by Gasteiger charge is -2.36. The Morgan fingerprint density at radius 2 is 0.639 bits per heavy atom. The van der Waals surface area contributed by atoms with E-state index in [0.717, 1.165) is 10.6 Å². The SMILES string of the molecule is ClP(C(P(Cl)c1ccccc1)=P(c1ccccc1)(c1ccccc1)c1ccccc1)c1ccccc1. The van der Waals surface area contributed by atoms with Crippen LogP contribution >= 0.6 is 43.9 Å². The first-order valence-electron chi connectivity index (χ1n) is 11.7. The molecule has 0 bridgehead atoms. The van der Waals surface area contributed by atoms with Crippen LogP contribution in [0.15, 0.2) is 152 Å². The first-order chi connectivity index (χ1) is 17.7. The Hall–Kier alpha value is -2.16. The summed E-state index contributed by atoms with van der Waals surface area (Å²) in [7, 11) is -2.45. The summed E-state index contributed by atoms with van der Waals surface area (Å²) in [6, 6.07) is 53.4. The first-order valence-corrected chi connectivity index (χ1v) is 18.0. The highest BCUT2D eigenvalue weighted by atomic mass is 35.7. The van der Waals surface area contributed by atoms with Crippen molar-refractivity contribution in [2.24, 2.45) is 0 Å². The lowest BCUT2D eigenvalue weighted by atomic mass is 10.4. The van der Waals surface area contributed by atoms with Gasteiger partial charge in [-0.2, -0.15) is 0 Å². The van der Waals surface area contributed by atoms with Gasteiger partial charge in [-0.05, 0) is 33.4 Å². The van der Waals surface area contributed by atoms with Gasteiger partial charge < -0.3 is 0 Å². The molecule has 0 spiro atoms. The molecule has 0 aliphatic heterocycles. The second-order valence-corrected chi connectivity index (χ2v) is 17.7. The van der Waals surface area contributed by atoms with E-state index in [1.54, 1.807) is 0 Å². The molecule has 0 aromatic heterocycles. The van der Waals surface area contributed by atoms with Crippen LogP contribution in [0.4, 0.5) is 0 Å². The Labute approximate surface area is 226 Å². The normalized spacial score (nSPS) is 13.1. The van der Waals surface area contributed by atoms with Crippen LogP contribution in [0.5, 0.6) is 0 Å². The highest BCUT2D eigenvalue weighted by molar-refractivity contribution is 8.35. The van der Waals surface area contributed by atoms with E-state index in [4.69, 9.17) is 22.5 Å². The van der Waals surface area contributed by atoms with Gasteiger partial charge in [0.05, 0.1) is 14.5 Å². The molecule has 5 rings (SSSR count). The van der Waals surface area contributed by atoms with E-state index in [0.29, 0.717) is 0 Å². The molecular formula is C31H25Cl2P3. The Kier molecular flexibility index (Phi) is 8.44. The molecule has 2 atom stereocenters. The zero-order chi connectivity index (χ0) is 24.8. The monoisotopic (exact) mass is 560 g/mol. The summed E-state index contributed by atoms with van der Waals surface area (Å²) in [5, 5.41) is 6.06. The maximum absolute atomic E-state index is 7.64. The van der Waals surface area contributed by atoms with Crippen molar-refractivity contribution in [1.82, 2.24) is 0 Å². The number of rotatable bonds is 7. The fourth-order valence-electron chi connectivity index (χ4n) is 4.44. The molecule has 5 aromatic rings. The zero-order valence-electron chi connectivity index (χ0n) is 19.5.